The van der Waals surface area contributed by atoms with Crippen LogP contribution in [0.3, 0.4) is 0 Å². The minimum Gasteiger partial charge on any atom is -0.329 e. The Morgan fingerprint density at radius 3 is 2.24 bits per heavy atom. The highest BCUT2D eigenvalue weighted by Gasteiger charge is 2.48. The monoisotopic (exact) mass is 440 g/mol. The van der Waals surface area contributed by atoms with Crippen molar-refractivity contribution in [3.8, 4) is 0 Å². The van der Waals surface area contributed by atoms with Gasteiger partial charge in [-0.1, -0.05) is 30.3 Å². The maximum atomic E-state index is 13.0. The summed E-state index contributed by atoms with van der Waals surface area (Å²) in [7, 11) is -4.20. The molecule has 2 saturated heterocycles. The van der Waals surface area contributed by atoms with Gasteiger partial charge in [0.05, 0.1) is 5.75 Å². The smallest absolute Gasteiger partial charge is 0.215 e. The second-order valence-electron chi connectivity index (χ2n) is 9.63. The van der Waals surface area contributed by atoms with E-state index in [0.29, 0.717) is 17.6 Å². The van der Waals surface area contributed by atoms with E-state index in [9.17, 15) is 12.6 Å². The molecule has 2 bridgehead atoms. The van der Waals surface area contributed by atoms with Crippen LogP contribution in [0.2, 0.25) is 0 Å². The van der Waals surface area contributed by atoms with E-state index in [1.54, 1.807) is 4.31 Å². The SMILES string of the molecule is CC(C)(C)[S@](=O)C[C@H](Cc1ccccc1)C1C[C@H]2CC[C@@H](C1)N2S(=O)(=O)CCN. The molecule has 1 aromatic rings. The van der Waals surface area contributed by atoms with Gasteiger partial charge in [-0.15, -0.1) is 0 Å². The molecule has 2 aliphatic rings. The molecule has 0 amide bonds. The van der Waals surface area contributed by atoms with Crippen LogP contribution in [0.25, 0.3) is 0 Å². The molecule has 1 aromatic carbocycles. The van der Waals surface area contributed by atoms with Gasteiger partial charge in [-0.3, -0.25) is 4.21 Å². The highest BCUT2D eigenvalue weighted by atomic mass is 32.2. The Hall–Kier alpha value is -0.760. The second kappa shape index (κ2) is 9.16. The zero-order valence-electron chi connectivity index (χ0n) is 17.9. The van der Waals surface area contributed by atoms with Gasteiger partial charge >= 0.3 is 0 Å². The molecule has 0 aromatic heterocycles. The summed E-state index contributed by atoms with van der Waals surface area (Å²) in [5, 5.41) is 0. The molecule has 5 nitrogen and oxygen atoms in total. The fraction of sp³-hybridized carbons (Fsp3) is 0.727. The summed E-state index contributed by atoms with van der Waals surface area (Å²) >= 11 is 0. The van der Waals surface area contributed by atoms with Crippen molar-refractivity contribution in [2.45, 2.75) is 69.7 Å². The zero-order valence-corrected chi connectivity index (χ0v) is 19.6. The molecule has 0 radical (unpaired) electrons. The first-order valence-corrected chi connectivity index (χ1v) is 13.7. The summed E-state index contributed by atoms with van der Waals surface area (Å²) in [5.41, 5.74) is 6.82. The van der Waals surface area contributed by atoms with Gasteiger partial charge in [0.15, 0.2) is 0 Å². The molecular weight excluding hydrogens is 404 g/mol. The first-order valence-electron chi connectivity index (χ1n) is 10.8. The van der Waals surface area contributed by atoms with Gasteiger partial charge in [-0.05, 0) is 70.3 Å². The number of rotatable bonds is 8. The molecule has 3 rings (SSSR count). The molecule has 0 saturated carbocycles. The Morgan fingerprint density at radius 1 is 1.14 bits per heavy atom. The predicted molar refractivity (Wildman–Crippen MR) is 121 cm³/mol. The summed E-state index contributed by atoms with van der Waals surface area (Å²) in [6.07, 6.45) is 4.53. The Labute approximate surface area is 178 Å². The molecule has 0 spiro atoms. The number of benzene rings is 1. The highest BCUT2D eigenvalue weighted by molar-refractivity contribution is 7.89. The molecule has 2 aliphatic heterocycles. The maximum Gasteiger partial charge on any atom is 0.215 e. The third-order valence-electron chi connectivity index (χ3n) is 6.46. The Balaban J connectivity index is 1.79. The van der Waals surface area contributed by atoms with Gasteiger partial charge in [0.25, 0.3) is 0 Å². The zero-order chi connectivity index (χ0) is 21.2. The Morgan fingerprint density at radius 2 is 1.72 bits per heavy atom. The minimum atomic E-state index is -3.28. The molecule has 164 valence electrons. The quantitative estimate of drug-likeness (QED) is 0.674. The topological polar surface area (TPSA) is 80.5 Å². The third-order valence-corrected chi connectivity index (χ3v) is 10.5. The van der Waals surface area contributed by atoms with Crippen molar-refractivity contribution < 1.29 is 12.6 Å². The lowest BCUT2D eigenvalue weighted by Gasteiger charge is -2.41. The van der Waals surface area contributed by atoms with Crippen LogP contribution >= 0.6 is 0 Å². The van der Waals surface area contributed by atoms with Crippen molar-refractivity contribution in [2.24, 2.45) is 17.6 Å². The molecule has 29 heavy (non-hydrogen) atoms. The molecule has 0 aliphatic carbocycles. The van der Waals surface area contributed by atoms with E-state index in [4.69, 9.17) is 5.73 Å². The number of nitrogens with two attached hydrogens (primary N) is 1. The fourth-order valence-corrected chi connectivity index (χ4v) is 8.07. The molecule has 2 heterocycles. The van der Waals surface area contributed by atoms with Crippen LogP contribution in [0.4, 0.5) is 0 Å². The Bertz CT molecular complexity index is 791. The molecule has 2 N–H and O–H groups in total. The number of sulfonamides is 1. The van der Waals surface area contributed by atoms with E-state index >= 15 is 0 Å². The van der Waals surface area contributed by atoms with Gasteiger partial charge in [0, 0.05) is 39.9 Å². The number of hydrogen-bond donors (Lipinski definition) is 1. The largest absolute Gasteiger partial charge is 0.329 e. The van der Waals surface area contributed by atoms with Gasteiger partial charge in [0.1, 0.15) is 0 Å². The van der Waals surface area contributed by atoms with Crippen molar-refractivity contribution in [1.29, 1.82) is 0 Å². The van der Waals surface area contributed by atoms with E-state index in [-0.39, 0.29) is 29.1 Å². The first-order chi connectivity index (χ1) is 13.6. The normalized spacial score (nSPS) is 27.7. The van der Waals surface area contributed by atoms with E-state index < -0.39 is 20.8 Å². The van der Waals surface area contributed by atoms with Crippen molar-refractivity contribution in [1.82, 2.24) is 4.31 Å². The average Bonchev–Trinajstić information content (AvgIpc) is 2.93. The van der Waals surface area contributed by atoms with Crippen molar-refractivity contribution in [3.05, 3.63) is 35.9 Å². The van der Waals surface area contributed by atoms with E-state index in [1.165, 1.54) is 5.56 Å². The van der Waals surface area contributed by atoms with Gasteiger partial charge in [0.2, 0.25) is 10.0 Å². The molecule has 5 atom stereocenters. The summed E-state index contributed by atoms with van der Waals surface area (Å²) in [5.74, 6) is 1.42. The van der Waals surface area contributed by atoms with Crippen LogP contribution in [0.1, 0.15) is 52.0 Å². The molecule has 7 heteroatoms. The van der Waals surface area contributed by atoms with Crippen molar-refractivity contribution in [2.75, 3.05) is 18.1 Å². The van der Waals surface area contributed by atoms with E-state index in [0.717, 1.165) is 32.1 Å². The molecular formula is C22H36N2O3S2. The number of piperidine rings is 1. The molecule has 2 fully saturated rings. The van der Waals surface area contributed by atoms with Crippen LogP contribution in [0, 0.1) is 11.8 Å². The van der Waals surface area contributed by atoms with Gasteiger partial charge in [-0.25, -0.2) is 8.42 Å². The van der Waals surface area contributed by atoms with Crippen LogP contribution < -0.4 is 5.73 Å². The van der Waals surface area contributed by atoms with E-state index in [1.807, 2.05) is 26.8 Å². The second-order valence-corrected chi connectivity index (χ2v) is 13.9. The highest BCUT2D eigenvalue weighted by Crippen LogP contribution is 2.44. The minimum absolute atomic E-state index is 0.0339. The van der Waals surface area contributed by atoms with Crippen LogP contribution in [-0.4, -0.2) is 51.8 Å². The summed E-state index contributed by atoms with van der Waals surface area (Å²) in [6.45, 7) is 6.28. The Kier molecular flexibility index (Phi) is 7.24. The predicted octanol–water partition coefficient (Wildman–Crippen LogP) is 2.92. The summed E-state index contributed by atoms with van der Waals surface area (Å²) < 4.78 is 40.0. The maximum absolute atomic E-state index is 13.0. The van der Waals surface area contributed by atoms with Crippen molar-refractivity contribution in [3.63, 3.8) is 0 Å². The van der Waals surface area contributed by atoms with Crippen molar-refractivity contribution >= 4 is 20.8 Å². The van der Waals surface area contributed by atoms with Crippen LogP contribution in [-0.2, 0) is 27.2 Å². The average molecular weight is 441 g/mol. The van der Waals surface area contributed by atoms with Crippen LogP contribution in [0.15, 0.2) is 30.3 Å². The number of fused-ring (bicyclic) bond motifs is 2. The fourth-order valence-electron chi connectivity index (χ4n) is 4.99. The van der Waals surface area contributed by atoms with E-state index in [2.05, 4.69) is 24.3 Å². The van der Waals surface area contributed by atoms with Gasteiger partial charge < -0.3 is 5.73 Å². The lowest BCUT2D eigenvalue weighted by molar-refractivity contribution is 0.153. The number of hydrogen-bond acceptors (Lipinski definition) is 4. The lowest BCUT2D eigenvalue weighted by Crippen LogP contribution is -2.49. The standard InChI is InChI=1S/C22H36N2O3S2/c1-22(2,3)28(25)16-19(13-17-7-5-4-6-8-17)18-14-20-9-10-21(15-18)24(20)29(26,27)12-11-23/h4-8,18-21H,9-16,23H2,1-3H3/t18?,19-,20-,21+,28+/m0/s1. The first kappa shape index (κ1) is 22.9. The lowest BCUT2D eigenvalue weighted by atomic mass is 9.79. The third kappa shape index (κ3) is 5.49. The number of nitrogens with zero attached hydrogens (tertiary/aromatic N) is 1. The summed E-state index contributed by atoms with van der Waals surface area (Å²) in [4.78, 5) is 0. The molecule has 1 unspecified atom stereocenters. The summed E-state index contributed by atoms with van der Waals surface area (Å²) in [6, 6.07) is 10.6. The van der Waals surface area contributed by atoms with Crippen LogP contribution in [0.5, 0.6) is 0 Å². The van der Waals surface area contributed by atoms with Gasteiger partial charge in [-0.2, -0.15) is 4.31 Å².